The number of benzene rings is 1. The van der Waals surface area contributed by atoms with Gasteiger partial charge in [-0.05, 0) is 38.0 Å². The van der Waals surface area contributed by atoms with E-state index in [-0.39, 0.29) is 17.4 Å². The molecular weight excluding hydrogens is 278 g/mol. The third kappa shape index (κ3) is 3.22. The van der Waals surface area contributed by atoms with Crippen LogP contribution in [0.3, 0.4) is 0 Å². The Morgan fingerprint density at radius 3 is 2.65 bits per heavy atom. The molecule has 1 unspecified atom stereocenters. The number of anilines is 1. The number of rotatable bonds is 3. The summed E-state index contributed by atoms with van der Waals surface area (Å²) in [6, 6.07) is 4.12. The molecule has 1 aromatic rings. The number of nitrogens with one attached hydrogen (secondary N) is 1. The van der Waals surface area contributed by atoms with E-state index < -0.39 is 6.04 Å². The number of carbonyl (C=O) groups excluding carboxylic acids is 2. The molecule has 0 aromatic heterocycles. The van der Waals surface area contributed by atoms with Crippen molar-refractivity contribution in [1.29, 1.82) is 0 Å². The summed E-state index contributed by atoms with van der Waals surface area (Å²) in [5.74, 6) is -0.446. The van der Waals surface area contributed by atoms with Crippen LogP contribution in [0.5, 0.6) is 0 Å². The molecule has 20 heavy (non-hydrogen) atoms. The number of nitrogens with two attached hydrogens (primary N) is 1. The summed E-state index contributed by atoms with van der Waals surface area (Å²) in [5.41, 5.74) is 6.38. The molecule has 2 rings (SSSR count). The van der Waals surface area contributed by atoms with Gasteiger partial charge in [-0.1, -0.05) is 11.6 Å². The first-order chi connectivity index (χ1) is 9.49. The van der Waals surface area contributed by atoms with Crippen molar-refractivity contribution in [2.45, 2.75) is 25.8 Å². The minimum absolute atomic E-state index is 0.0594. The lowest BCUT2D eigenvalue weighted by atomic mass is 10.1. The van der Waals surface area contributed by atoms with Crippen LogP contribution in [0.25, 0.3) is 0 Å². The first-order valence-electron chi connectivity index (χ1n) is 6.63. The first kappa shape index (κ1) is 14.7. The lowest BCUT2D eigenvalue weighted by Crippen LogP contribution is -2.46. The molecule has 1 atom stereocenters. The summed E-state index contributed by atoms with van der Waals surface area (Å²) in [4.78, 5) is 26.0. The average molecular weight is 296 g/mol. The van der Waals surface area contributed by atoms with Crippen molar-refractivity contribution >= 4 is 29.1 Å². The molecule has 0 radical (unpaired) electrons. The van der Waals surface area contributed by atoms with Gasteiger partial charge in [-0.25, -0.2) is 0 Å². The highest BCUT2D eigenvalue weighted by Gasteiger charge is 2.25. The molecule has 108 valence electrons. The molecule has 1 aliphatic heterocycles. The van der Waals surface area contributed by atoms with Gasteiger partial charge >= 0.3 is 0 Å². The Balaban J connectivity index is 2.03. The van der Waals surface area contributed by atoms with Crippen molar-refractivity contribution in [3.05, 3.63) is 28.8 Å². The standard InChI is InChI=1S/C14H18ClN3O2/c1-9(14(20)18-6-2-3-7-18)17-13(19)11-8-10(16)4-5-12(11)15/h4-5,8-9H,2-3,6-7,16H2,1H3,(H,17,19). The van der Waals surface area contributed by atoms with Crippen LogP contribution >= 0.6 is 11.6 Å². The topological polar surface area (TPSA) is 75.4 Å². The first-order valence-corrected chi connectivity index (χ1v) is 7.01. The number of halogens is 1. The predicted molar refractivity (Wildman–Crippen MR) is 78.6 cm³/mol. The maximum Gasteiger partial charge on any atom is 0.253 e. The summed E-state index contributed by atoms with van der Waals surface area (Å²) >= 11 is 5.97. The van der Waals surface area contributed by atoms with Gasteiger partial charge in [0.2, 0.25) is 5.91 Å². The van der Waals surface area contributed by atoms with Crippen LogP contribution in [-0.4, -0.2) is 35.8 Å². The van der Waals surface area contributed by atoms with E-state index >= 15 is 0 Å². The van der Waals surface area contributed by atoms with E-state index in [0.29, 0.717) is 10.7 Å². The molecule has 0 saturated carbocycles. The summed E-state index contributed by atoms with van der Waals surface area (Å²) in [6.45, 7) is 3.20. The van der Waals surface area contributed by atoms with Gasteiger partial charge in [-0.3, -0.25) is 9.59 Å². The van der Waals surface area contributed by atoms with Crippen molar-refractivity contribution in [3.63, 3.8) is 0 Å². The van der Waals surface area contributed by atoms with Crippen molar-refractivity contribution in [1.82, 2.24) is 10.2 Å². The molecule has 6 heteroatoms. The van der Waals surface area contributed by atoms with Gasteiger partial charge in [0, 0.05) is 18.8 Å². The van der Waals surface area contributed by atoms with Gasteiger partial charge in [0.25, 0.3) is 5.91 Å². The molecular formula is C14H18ClN3O2. The summed E-state index contributed by atoms with van der Waals surface area (Å²) in [6.07, 6.45) is 2.04. The lowest BCUT2D eigenvalue weighted by Gasteiger charge is -2.21. The largest absolute Gasteiger partial charge is 0.399 e. The van der Waals surface area contributed by atoms with Crippen LogP contribution in [0.4, 0.5) is 5.69 Å². The van der Waals surface area contributed by atoms with Crippen LogP contribution in [-0.2, 0) is 4.79 Å². The molecule has 1 aromatic carbocycles. The lowest BCUT2D eigenvalue weighted by molar-refractivity contribution is -0.131. The zero-order valence-electron chi connectivity index (χ0n) is 11.4. The predicted octanol–water partition coefficient (Wildman–Crippen LogP) is 1.66. The smallest absolute Gasteiger partial charge is 0.253 e. The third-order valence-electron chi connectivity index (χ3n) is 3.37. The second kappa shape index (κ2) is 6.13. The molecule has 1 fully saturated rings. The van der Waals surface area contributed by atoms with E-state index in [0.717, 1.165) is 25.9 Å². The Morgan fingerprint density at radius 2 is 2.00 bits per heavy atom. The van der Waals surface area contributed by atoms with Gasteiger partial charge in [0.15, 0.2) is 0 Å². The fourth-order valence-electron chi connectivity index (χ4n) is 2.26. The van der Waals surface area contributed by atoms with E-state index in [4.69, 9.17) is 17.3 Å². The van der Waals surface area contributed by atoms with Gasteiger partial charge in [-0.15, -0.1) is 0 Å². The van der Waals surface area contributed by atoms with E-state index in [1.54, 1.807) is 24.0 Å². The molecule has 1 saturated heterocycles. The minimum Gasteiger partial charge on any atom is -0.399 e. The van der Waals surface area contributed by atoms with Crippen molar-refractivity contribution in [3.8, 4) is 0 Å². The monoisotopic (exact) mass is 295 g/mol. The molecule has 5 nitrogen and oxygen atoms in total. The maximum absolute atomic E-state index is 12.1. The van der Waals surface area contributed by atoms with Crippen LogP contribution in [0.2, 0.25) is 5.02 Å². The highest BCUT2D eigenvalue weighted by atomic mass is 35.5. The van der Waals surface area contributed by atoms with Gasteiger partial charge in [0.1, 0.15) is 6.04 Å². The molecule has 0 bridgehead atoms. The second-order valence-electron chi connectivity index (χ2n) is 4.97. The number of carbonyl (C=O) groups is 2. The number of likely N-dealkylation sites (tertiary alicyclic amines) is 1. The zero-order valence-corrected chi connectivity index (χ0v) is 12.1. The normalized spacial score (nSPS) is 16.0. The average Bonchev–Trinajstić information content (AvgIpc) is 2.94. The number of nitrogen functional groups attached to an aromatic ring is 1. The number of amides is 2. The van der Waals surface area contributed by atoms with E-state index in [1.807, 2.05) is 0 Å². The highest BCUT2D eigenvalue weighted by Crippen LogP contribution is 2.19. The number of nitrogens with zero attached hydrogens (tertiary/aromatic N) is 1. The minimum atomic E-state index is -0.571. The Hall–Kier alpha value is -1.75. The number of hydrogen-bond acceptors (Lipinski definition) is 3. The summed E-state index contributed by atoms with van der Waals surface area (Å²) in [5, 5.41) is 2.99. The summed E-state index contributed by atoms with van der Waals surface area (Å²) in [7, 11) is 0. The van der Waals surface area contributed by atoms with Crippen LogP contribution < -0.4 is 11.1 Å². The SMILES string of the molecule is CC(NC(=O)c1cc(N)ccc1Cl)C(=O)N1CCCC1. The molecule has 2 amide bonds. The van der Waals surface area contributed by atoms with Crippen molar-refractivity contribution in [2.24, 2.45) is 0 Å². The highest BCUT2D eigenvalue weighted by molar-refractivity contribution is 6.34. The van der Waals surface area contributed by atoms with Crippen LogP contribution in [0.15, 0.2) is 18.2 Å². The quantitative estimate of drug-likeness (QED) is 0.833. The Kier molecular flexibility index (Phi) is 4.49. The van der Waals surface area contributed by atoms with E-state index in [2.05, 4.69) is 5.32 Å². The van der Waals surface area contributed by atoms with Gasteiger partial charge in [0.05, 0.1) is 10.6 Å². The molecule has 0 aliphatic carbocycles. The molecule has 1 aliphatic rings. The Bertz CT molecular complexity index is 527. The van der Waals surface area contributed by atoms with Crippen molar-refractivity contribution < 1.29 is 9.59 Å². The fourth-order valence-corrected chi connectivity index (χ4v) is 2.47. The van der Waals surface area contributed by atoms with Gasteiger partial charge in [-0.2, -0.15) is 0 Å². The van der Waals surface area contributed by atoms with E-state index in [9.17, 15) is 9.59 Å². The molecule has 3 N–H and O–H groups in total. The van der Waals surface area contributed by atoms with Gasteiger partial charge < -0.3 is 16.0 Å². The number of hydrogen-bond donors (Lipinski definition) is 2. The molecule has 1 heterocycles. The Morgan fingerprint density at radius 1 is 1.35 bits per heavy atom. The second-order valence-corrected chi connectivity index (χ2v) is 5.37. The van der Waals surface area contributed by atoms with Crippen molar-refractivity contribution in [2.75, 3.05) is 18.8 Å². The molecule has 0 spiro atoms. The third-order valence-corrected chi connectivity index (χ3v) is 3.70. The van der Waals surface area contributed by atoms with Crippen LogP contribution in [0.1, 0.15) is 30.1 Å². The maximum atomic E-state index is 12.1. The summed E-state index contributed by atoms with van der Waals surface area (Å²) < 4.78 is 0. The fraction of sp³-hybridized carbons (Fsp3) is 0.429. The van der Waals surface area contributed by atoms with Crippen LogP contribution in [0, 0.1) is 0 Å². The zero-order chi connectivity index (χ0) is 14.7. The Labute approximate surface area is 123 Å². The van der Waals surface area contributed by atoms with E-state index in [1.165, 1.54) is 6.07 Å².